The molecule has 2 aromatic rings. The van der Waals surface area contributed by atoms with Gasteiger partial charge in [0.1, 0.15) is 11.9 Å². The first-order chi connectivity index (χ1) is 12.9. The quantitative estimate of drug-likeness (QED) is 0.672. The van der Waals surface area contributed by atoms with Gasteiger partial charge in [-0.2, -0.15) is 0 Å². The molecule has 0 amide bonds. The van der Waals surface area contributed by atoms with E-state index in [0.717, 1.165) is 42.4 Å². The van der Waals surface area contributed by atoms with Crippen LogP contribution in [-0.4, -0.2) is 47.4 Å². The lowest BCUT2D eigenvalue weighted by Gasteiger charge is -2.66. The van der Waals surface area contributed by atoms with Gasteiger partial charge in [-0.25, -0.2) is 7.98 Å². The van der Waals surface area contributed by atoms with E-state index in [1.165, 1.54) is 13.8 Å². The fourth-order valence-electron chi connectivity index (χ4n) is 4.63. The standard InChI is InChI=1S/C19H22BN2O.C3H6O/c1-2-13-12-22(20)10-8-14(13)11-18(22)19(23)16-7-9-21-17-6-4-3-5-15(16)17;1-3(2)4/h2-7,9,13-14,18-19,23H,1,8,10-12H2;1-2H3/t13-,14-,18-,19+,22+;/m0./s1. The molecule has 4 nitrogen and oxygen atoms in total. The summed E-state index contributed by atoms with van der Waals surface area (Å²) in [5, 5.41) is 12.2. The number of aliphatic hydroxyl groups is 1. The molecule has 3 aliphatic heterocycles. The number of aliphatic hydroxyl groups excluding tert-OH is 1. The largest absolute Gasteiger partial charge is 0.583 e. The first-order valence-electron chi connectivity index (χ1n) is 9.62. The number of benzene rings is 1. The summed E-state index contributed by atoms with van der Waals surface area (Å²) in [4.78, 5) is 13.8. The number of hydrogen-bond donors (Lipinski definition) is 1. The molecule has 0 spiro atoms. The van der Waals surface area contributed by atoms with E-state index in [1.807, 2.05) is 36.4 Å². The van der Waals surface area contributed by atoms with Crippen LogP contribution in [-0.2, 0) is 4.79 Å². The van der Waals surface area contributed by atoms with Crippen molar-refractivity contribution in [3.63, 3.8) is 0 Å². The van der Waals surface area contributed by atoms with Gasteiger partial charge in [0.15, 0.2) is 0 Å². The second kappa shape index (κ2) is 7.95. The first-order valence-corrected chi connectivity index (χ1v) is 9.62. The Balaban J connectivity index is 0.000000481. The van der Waals surface area contributed by atoms with Crippen molar-refractivity contribution in [2.75, 3.05) is 13.1 Å². The number of nitrogens with zero attached hydrogens (tertiary/aromatic N) is 2. The molecule has 0 unspecified atom stereocenters. The summed E-state index contributed by atoms with van der Waals surface area (Å²) < 4.78 is 0.463. The van der Waals surface area contributed by atoms with Crippen LogP contribution in [0.5, 0.6) is 0 Å². The van der Waals surface area contributed by atoms with Crippen molar-refractivity contribution in [2.45, 2.75) is 38.8 Å². The van der Waals surface area contributed by atoms with Crippen molar-refractivity contribution < 1.29 is 14.3 Å². The van der Waals surface area contributed by atoms with Gasteiger partial charge in [0.05, 0.1) is 11.6 Å². The predicted octanol–water partition coefficient (Wildman–Crippen LogP) is 3.36. The highest BCUT2D eigenvalue weighted by atomic mass is 16.3. The topological polar surface area (TPSA) is 50.2 Å². The lowest BCUT2D eigenvalue weighted by Crippen LogP contribution is -2.66. The maximum atomic E-state index is 11.1. The van der Waals surface area contributed by atoms with Crippen LogP contribution in [0.15, 0.2) is 49.2 Å². The smallest absolute Gasteiger partial charge is 0.127 e. The molecular weight excluding hydrogens is 335 g/mol. The second-order valence-corrected chi connectivity index (χ2v) is 8.03. The Labute approximate surface area is 162 Å². The third-order valence-corrected chi connectivity index (χ3v) is 5.95. The Morgan fingerprint density at radius 1 is 1.37 bits per heavy atom. The van der Waals surface area contributed by atoms with Crippen LogP contribution in [0.3, 0.4) is 0 Å². The Morgan fingerprint density at radius 2 is 2.07 bits per heavy atom. The van der Waals surface area contributed by atoms with Crippen LogP contribution in [0.2, 0.25) is 0 Å². The van der Waals surface area contributed by atoms with E-state index in [0.29, 0.717) is 16.2 Å². The van der Waals surface area contributed by atoms with Crippen LogP contribution in [0.4, 0.5) is 0 Å². The molecule has 1 aromatic carbocycles. The number of hydrogen-bond acceptors (Lipinski definition) is 3. The molecule has 3 saturated heterocycles. The zero-order valence-corrected chi connectivity index (χ0v) is 16.2. The molecule has 3 radical (unpaired) electrons. The maximum absolute atomic E-state index is 11.1. The SMILES string of the molecule is CC(C)=O.[B-][N@@+]12CC[C@@H](C[C@H]1[C@H](O)c1ccnc3ccccc13)[C@@H](C=C)C2. The highest BCUT2D eigenvalue weighted by Crippen LogP contribution is 2.45. The number of ketones is 1. The number of rotatable bonds is 3. The number of aromatic nitrogens is 1. The molecule has 5 heteroatoms. The maximum Gasteiger partial charge on any atom is 0.127 e. The summed E-state index contributed by atoms with van der Waals surface area (Å²) in [7, 11) is 6.70. The van der Waals surface area contributed by atoms with Gasteiger partial charge < -0.3 is 14.3 Å². The van der Waals surface area contributed by atoms with Gasteiger partial charge in [-0.15, -0.1) is 6.58 Å². The molecule has 2 bridgehead atoms. The number of para-hydroxylation sites is 1. The van der Waals surface area contributed by atoms with Crippen LogP contribution in [0.1, 0.15) is 38.4 Å². The molecule has 141 valence electrons. The van der Waals surface area contributed by atoms with E-state index in [1.54, 1.807) is 6.20 Å². The molecule has 3 fully saturated rings. The zero-order valence-electron chi connectivity index (χ0n) is 16.2. The fraction of sp³-hybridized carbons (Fsp3) is 0.455. The summed E-state index contributed by atoms with van der Waals surface area (Å²) >= 11 is 0. The average molecular weight is 363 g/mol. The third-order valence-electron chi connectivity index (χ3n) is 5.95. The number of fused-ring (bicyclic) bond motifs is 4. The molecular formula is C22H28BN2O2. The minimum atomic E-state index is -0.554. The van der Waals surface area contributed by atoms with Gasteiger partial charge in [0.2, 0.25) is 0 Å². The minimum Gasteiger partial charge on any atom is -0.583 e. The minimum absolute atomic E-state index is 0.0516. The third kappa shape index (κ3) is 3.99. The number of piperidine rings is 3. The number of carbonyl (C=O) groups is 1. The average Bonchev–Trinajstić information content (AvgIpc) is 2.66. The van der Waals surface area contributed by atoms with Crippen LogP contribution < -0.4 is 0 Å². The van der Waals surface area contributed by atoms with Crippen molar-refractivity contribution in [1.29, 1.82) is 0 Å². The summed E-state index contributed by atoms with van der Waals surface area (Å²) in [6.07, 6.45) is 5.37. The van der Waals surface area contributed by atoms with Gasteiger partial charge in [0, 0.05) is 37.0 Å². The zero-order chi connectivity index (χ0) is 19.6. The molecule has 5 atom stereocenters. The van der Waals surface area contributed by atoms with E-state index in [4.69, 9.17) is 7.98 Å². The van der Waals surface area contributed by atoms with Crippen molar-refractivity contribution in [3.8, 4) is 0 Å². The van der Waals surface area contributed by atoms with Gasteiger partial charge in [-0.3, -0.25) is 4.98 Å². The first kappa shape index (κ1) is 19.8. The van der Waals surface area contributed by atoms with E-state index in [-0.39, 0.29) is 11.8 Å². The molecule has 3 aliphatic rings. The number of quaternary nitrogens is 1. The predicted molar refractivity (Wildman–Crippen MR) is 109 cm³/mol. The Morgan fingerprint density at radius 3 is 2.74 bits per heavy atom. The lowest BCUT2D eigenvalue weighted by atomic mass is 9.69. The summed E-state index contributed by atoms with van der Waals surface area (Å²) in [5.74, 6) is 1.25. The Bertz CT molecular complexity index is 831. The van der Waals surface area contributed by atoms with Crippen LogP contribution >= 0.6 is 0 Å². The highest BCUT2D eigenvalue weighted by molar-refractivity contribution is 5.97. The van der Waals surface area contributed by atoms with E-state index in [2.05, 4.69) is 11.6 Å². The molecule has 1 aromatic heterocycles. The normalized spacial score (nSPS) is 30.3. The molecule has 1 N–H and O–H groups in total. The molecule has 5 rings (SSSR count). The number of pyridine rings is 1. The molecule has 4 heterocycles. The molecule has 27 heavy (non-hydrogen) atoms. The van der Waals surface area contributed by atoms with E-state index >= 15 is 0 Å². The number of Topliss-reactive ketones (excluding diaryl/α,β-unsaturated/α-hetero) is 1. The van der Waals surface area contributed by atoms with Crippen molar-refractivity contribution in [3.05, 3.63) is 54.7 Å². The van der Waals surface area contributed by atoms with Crippen molar-refractivity contribution >= 4 is 24.7 Å². The fourth-order valence-corrected chi connectivity index (χ4v) is 4.63. The van der Waals surface area contributed by atoms with Crippen LogP contribution in [0.25, 0.3) is 10.9 Å². The van der Waals surface area contributed by atoms with Gasteiger partial charge in [-0.05, 0) is 43.9 Å². The van der Waals surface area contributed by atoms with Gasteiger partial charge >= 0.3 is 0 Å². The number of carbonyl (C=O) groups excluding carboxylic acids is 1. The highest BCUT2D eigenvalue weighted by Gasteiger charge is 2.45. The van der Waals surface area contributed by atoms with Gasteiger partial charge in [-0.1, -0.05) is 24.3 Å². The Hall–Kier alpha value is -1.98. The van der Waals surface area contributed by atoms with E-state index in [9.17, 15) is 9.90 Å². The summed E-state index contributed by atoms with van der Waals surface area (Å²) in [6.45, 7) is 8.85. The van der Waals surface area contributed by atoms with Gasteiger partial charge in [0.25, 0.3) is 0 Å². The molecule has 0 aliphatic carbocycles. The molecule has 0 saturated carbocycles. The monoisotopic (exact) mass is 363 g/mol. The Kier molecular flexibility index (Phi) is 5.82. The second-order valence-electron chi connectivity index (χ2n) is 8.03. The summed E-state index contributed by atoms with van der Waals surface area (Å²) in [6, 6.07) is 9.98. The lowest BCUT2D eigenvalue weighted by molar-refractivity contribution is -0.871. The van der Waals surface area contributed by atoms with Crippen molar-refractivity contribution in [1.82, 2.24) is 4.98 Å². The summed E-state index contributed by atoms with van der Waals surface area (Å²) in [5.41, 5.74) is 1.87. The van der Waals surface area contributed by atoms with Crippen molar-refractivity contribution in [2.24, 2.45) is 11.8 Å². The van der Waals surface area contributed by atoms with E-state index < -0.39 is 6.10 Å². The van der Waals surface area contributed by atoms with Crippen LogP contribution in [0, 0.1) is 11.8 Å².